The molecule has 2 aliphatic rings. The lowest BCUT2D eigenvalue weighted by molar-refractivity contribution is 0.0394. The molecule has 116 valence electrons. The lowest BCUT2D eigenvalue weighted by atomic mass is 10.1. The first-order valence-corrected chi connectivity index (χ1v) is 8.63. The molecule has 2 fully saturated rings. The highest BCUT2D eigenvalue weighted by atomic mass is 32.1. The maximum atomic E-state index is 12.7. The molecule has 1 N–H and O–H groups in total. The third-order valence-electron chi connectivity index (χ3n) is 4.33. The number of fused-ring (bicyclic) bond motifs is 1. The Kier molecular flexibility index (Phi) is 4.40. The molecule has 0 saturated carbocycles. The second-order valence-corrected chi connectivity index (χ2v) is 6.91. The Bertz CT molecular complexity index is 505. The molecule has 2 atom stereocenters. The molecule has 2 unspecified atom stereocenters. The van der Waals surface area contributed by atoms with Gasteiger partial charge in [0.15, 0.2) is 0 Å². The van der Waals surface area contributed by atoms with Crippen molar-refractivity contribution in [3.63, 3.8) is 0 Å². The number of hydrogen-bond donors (Lipinski definition) is 1. The molecular formula is C14H23N5OS. The smallest absolute Gasteiger partial charge is 0.285 e. The van der Waals surface area contributed by atoms with Crippen LogP contribution in [0.1, 0.15) is 42.9 Å². The maximum absolute atomic E-state index is 12.7. The Morgan fingerprint density at radius 2 is 2.29 bits per heavy atom. The van der Waals surface area contributed by atoms with Gasteiger partial charge in [-0.25, -0.2) is 0 Å². The molecule has 0 radical (unpaired) electrons. The first-order valence-electron chi connectivity index (χ1n) is 7.81. The van der Waals surface area contributed by atoms with Crippen molar-refractivity contribution < 1.29 is 4.79 Å². The van der Waals surface area contributed by atoms with Crippen LogP contribution in [0.2, 0.25) is 0 Å². The van der Waals surface area contributed by atoms with E-state index in [1.54, 1.807) is 0 Å². The van der Waals surface area contributed by atoms with E-state index in [0.717, 1.165) is 31.2 Å². The van der Waals surface area contributed by atoms with Crippen LogP contribution in [0, 0.1) is 0 Å². The van der Waals surface area contributed by atoms with Gasteiger partial charge in [-0.1, -0.05) is 18.3 Å². The van der Waals surface area contributed by atoms with Crippen LogP contribution in [0.15, 0.2) is 0 Å². The average Bonchev–Trinajstić information content (AvgIpc) is 3.12. The summed E-state index contributed by atoms with van der Waals surface area (Å²) in [6.45, 7) is 8.08. The van der Waals surface area contributed by atoms with E-state index in [4.69, 9.17) is 0 Å². The zero-order valence-corrected chi connectivity index (χ0v) is 13.5. The summed E-state index contributed by atoms with van der Waals surface area (Å²) in [5.41, 5.74) is 0. The predicted octanol–water partition coefficient (Wildman–Crippen LogP) is 1.67. The number of piperazine rings is 1. The first kappa shape index (κ1) is 14.7. The fraction of sp³-hybridized carbons (Fsp3) is 0.786. The molecule has 6 nitrogen and oxygen atoms in total. The van der Waals surface area contributed by atoms with E-state index in [-0.39, 0.29) is 11.9 Å². The molecule has 3 rings (SSSR count). The van der Waals surface area contributed by atoms with Crippen LogP contribution in [-0.2, 0) is 0 Å². The summed E-state index contributed by atoms with van der Waals surface area (Å²) < 4.78 is 0. The largest absolute Gasteiger partial charge is 0.360 e. The van der Waals surface area contributed by atoms with Crippen molar-refractivity contribution in [2.75, 3.05) is 31.5 Å². The molecule has 3 heterocycles. The van der Waals surface area contributed by atoms with Crippen molar-refractivity contribution in [2.45, 2.75) is 45.2 Å². The fourth-order valence-corrected chi connectivity index (χ4v) is 3.93. The number of aromatic nitrogens is 2. The molecule has 1 amide bonds. The summed E-state index contributed by atoms with van der Waals surface area (Å²) in [6.07, 6.45) is 3.49. The summed E-state index contributed by atoms with van der Waals surface area (Å²) in [5, 5.41) is 12.6. The van der Waals surface area contributed by atoms with Gasteiger partial charge < -0.3 is 10.2 Å². The van der Waals surface area contributed by atoms with Crippen LogP contribution in [0.25, 0.3) is 0 Å². The minimum absolute atomic E-state index is 0.0381. The minimum atomic E-state index is 0.0381. The van der Waals surface area contributed by atoms with Crippen LogP contribution >= 0.6 is 11.3 Å². The molecule has 7 heteroatoms. The topological polar surface area (TPSA) is 61.4 Å². The van der Waals surface area contributed by atoms with E-state index in [0.29, 0.717) is 11.0 Å². The lowest BCUT2D eigenvalue weighted by Gasteiger charge is -2.41. The number of carbonyl (C=O) groups is 1. The van der Waals surface area contributed by atoms with Crippen LogP contribution < -0.4 is 5.32 Å². The van der Waals surface area contributed by atoms with Crippen molar-refractivity contribution in [3.8, 4) is 0 Å². The molecule has 2 saturated heterocycles. The normalized spacial score (nSPS) is 25.9. The molecule has 1 aromatic heterocycles. The molecule has 0 aromatic carbocycles. The zero-order valence-electron chi connectivity index (χ0n) is 12.7. The van der Waals surface area contributed by atoms with Gasteiger partial charge in [0.1, 0.15) is 0 Å². The Morgan fingerprint density at radius 1 is 1.43 bits per heavy atom. The molecule has 21 heavy (non-hydrogen) atoms. The number of anilines is 1. The maximum Gasteiger partial charge on any atom is 0.285 e. The molecule has 2 aliphatic heterocycles. The summed E-state index contributed by atoms with van der Waals surface area (Å²) in [6, 6.07) is 0.790. The third kappa shape index (κ3) is 3.03. The number of carbonyl (C=O) groups excluding carboxylic acids is 1. The standard InChI is InChI=1S/C14H23N5OS/c1-3-6-15-14-17-16-12(21-14)13(20)19-9-11-5-4-7-18(11)8-10(19)2/h10-11H,3-9H2,1-2H3,(H,15,17). The highest BCUT2D eigenvalue weighted by Crippen LogP contribution is 2.26. The molecular weight excluding hydrogens is 286 g/mol. The average molecular weight is 309 g/mol. The SMILES string of the molecule is CCCNc1nnc(C(=O)N2CC3CCCN3CC2C)s1. The summed E-state index contributed by atoms with van der Waals surface area (Å²) in [7, 11) is 0. The van der Waals surface area contributed by atoms with Crippen molar-refractivity contribution in [3.05, 3.63) is 5.01 Å². The van der Waals surface area contributed by atoms with Crippen molar-refractivity contribution in [2.24, 2.45) is 0 Å². The Morgan fingerprint density at radius 3 is 3.10 bits per heavy atom. The Labute approximate surface area is 129 Å². The number of hydrogen-bond acceptors (Lipinski definition) is 6. The molecule has 1 aromatic rings. The lowest BCUT2D eigenvalue weighted by Crippen LogP contribution is -2.56. The quantitative estimate of drug-likeness (QED) is 0.917. The monoisotopic (exact) mass is 309 g/mol. The van der Waals surface area contributed by atoms with E-state index in [1.165, 1.54) is 30.7 Å². The second kappa shape index (κ2) is 6.27. The van der Waals surface area contributed by atoms with Crippen molar-refractivity contribution in [1.29, 1.82) is 0 Å². The van der Waals surface area contributed by atoms with E-state index >= 15 is 0 Å². The van der Waals surface area contributed by atoms with Crippen LogP contribution in [-0.4, -0.2) is 64.2 Å². The minimum Gasteiger partial charge on any atom is -0.360 e. The van der Waals surface area contributed by atoms with Gasteiger partial charge in [-0.05, 0) is 32.7 Å². The molecule has 0 spiro atoms. The van der Waals surface area contributed by atoms with Gasteiger partial charge in [0.25, 0.3) is 5.91 Å². The van der Waals surface area contributed by atoms with E-state index in [2.05, 4.69) is 34.3 Å². The fourth-order valence-electron chi connectivity index (χ4n) is 3.21. The molecule has 0 aliphatic carbocycles. The van der Waals surface area contributed by atoms with Gasteiger partial charge in [0.05, 0.1) is 0 Å². The van der Waals surface area contributed by atoms with Crippen molar-refractivity contribution >= 4 is 22.4 Å². The molecule has 0 bridgehead atoms. The van der Waals surface area contributed by atoms with E-state index < -0.39 is 0 Å². The van der Waals surface area contributed by atoms with Crippen LogP contribution in [0.5, 0.6) is 0 Å². The van der Waals surface area contributed by atoms with Crippen molar-refractivity contribution in [1.82, 2.24) is 20.0 Å². The van der Waals surface area contributed by atoms with Gasteiger partial charge >= 0.3 is 0 Å². The van der Waals surface area contributed by atoms with Crippen LogP contribution in [0.4, 0.5) is 5.13 Å². The first-order chi connectivity index (χ1) is 10.2. The van der Waals surface area contributed by atoms with E-state index in [9.17, 15) is 4.79 Å². The Hall–Kier alpha value is -1.21. The summed E-state index contributed by atoms with van der Waals surface area (Å²) >= 11 is 1.36. The summed E-state index contributed by atoms with van der Waals surface area (Å²) in [4.78, 5) is 17.2. The van der Waals surface area contributed by atoms with Crippen LogP contribution in [0.3, 0.4) is 0 Å². The number of nitrogens with one attached hydrogen (secondary N) is 1. The highest BCUT2D eigenvalue weighted by Gasteiger charge is 2.37. The van der Waals surface area contributed by atoms with Gasteiger partial charge in [-0.2, -0.15) is 0 Å². The predicted molar refractivity (Wildman–Crippen MR) is 83.8 cm³/mol. The Balaban J connectivity index is 1.67. The number of nitrogens with zero attached hydrogens (tertiary/aromatic N) is 4. The zero-order chi connectivity index (χ0) is 14.8. The second-order valence-electron chi connectivity index (χ2n) is 5.94. The number of rotatable bonds is 4. The van der Waals surface area contributed by atoms with Gasteiger partial charge in [0, 0.05) is 31.7 Å². The van der Waals surface area contributed by atoms with E-state index in [1.807, 2.05) is 4.90 Å². The summed E-state index contributed by atoms with van der Waals surface area (Å²) in [5.74, 6) is 0.0381. The van der Waals surface area contributed by atoms with Gasteiger partial charge in [-0.3, -0.25) is 9.69 Å². The van der Waals surface area contributed by atoms with Gasteiger partial charge in [0.2, 0.25) is 10.1 Å². The highest BCUT2D eigenvalue weighted by molar-refractivity contribution is 7.17. The third-order valence-corrected chi connectivity index (χ3v) is 5.20. The number of amides is 1. The van der Waals surface area contributed by atoms with Gasteiger partial charge in [-0.15, -0.1) is 10.2 Å².